The second kappa shape index (κ2) is 11.4. The number of fused-ring (bicyclic) bond motifs is 1. The average molecular weight is 541 g/mol. The van der Waals surface area contributed by atoms with E-state index in [1.165, 1.54) is 17.2 Å². The molecule has 0 aliphatic carbocycles. The van der Waals surface area contributed by atoms with Crippen molar-refractivity contribution in [3.63, 3.8) is 0 Å². The lowest BCUT2D eigenvalue weighted by atomic mass is 10.2. The average Bonchev–Trinajstić information content (AvgIpc) is 3.12. The third-order valence-electron chi connectivity index (χ3n) is 4.04. The molecular weight excluding hydrogens is 517 g/mol. The number of H-pyrrole nitrogens is 1. The van der Waals surface area contributed by atoms with Crippen LogP contribution in [-0.4, -0.2) is 14.8 Å². The van der Waals surface area contributed by atoms with Gasteiger partial charge in [-0.3, -0.25) is 9.79 Å². The Labute approximate surface area is 199 Å². The van der Waals surface area contributed by atoms with Gasteiger partial charge in [0.2, 0.25) is 5.88 Å². The number of aromatic amines is 1. The van der Waals surface area contributed by atoms with Crippen LogP contribution in [0, 0.1) is 13.8 Å². The fourth-order valence-corrected chi connectivity index (χ4v) is 3.35. The van der Waals surface area contributed by atoms with E-state index in [-0.39, 0.29) is 5.88 Å². The van der Waals surface area contributed by atoms with Crippen molar-refractivity contribution in [1.82, 2.24) is 4.98 Å². The zero-order valence-electron chi connectivity index (χ0n) is 17.4. The van der Waals surface area contributed by atoms with E-state index >= 15 is 0 Å². The number of phosphoric acid groups is 1. The van der Waals surface area contributed by atoms with Crippen molar-refractivity contribution >= 4 is 57.6 Å². The molecule has 0 radical (unpaired) electrons. The normalized spacial score (nSPS) is 10.6. The van der Waals surface area contributed by atoms with E-state index < -0.39 is 7.82 Å². The number of aromatic nitrogens is 1. The molecule has 170 valence electrons. The Balaban J connectivity index is 0.000000190. The molecule has 0 atom stereocenters. The number of halogens is 2. The summed E-state index contributed by atoms with van der Waals surface area (Å²) in [7, 11) is -4.56. The number of hydrogen-bond acceptors (Lipinski definition) is 4. The second-order valence-electron chi connectivity index (χ2n) is 6.86. The Morgan fingerprint density at radius 1 is 0.906 bits per heavy atom. The summed E-state index contributed by atoms with van der Waals surface area (Å²) >= 11 is 9.24. The number of aryl methyl sites for hydroxylation is 2. The van der Waals surface area contributed by atoms with E-state index in [1.807, 2.05) is 62.4 Å². The van der Waals surface area contributed by atoms with E-state index in [0.29, 0.717) is 20.4 Å². The van der Waals surface area contributed by atoms with E-state index in [9.17, 15) is 4.57 Å². The van der Waals surface area contributed by atoms with E-state index in [4.69, 9.17) is 32.9 Å². The maximum absolute atomic E-state index is 10.6. The van der Waals surface area contributed by atoms with Crippen LogP contribution >= 0.6 is 35.4 Å². The van der Waals surface area contributed by atoms with Gasteiger partial charge in [0.25, 0.3) is 0 Å². The molecule has 3 aromatic carbocycles. The molecule has 1 heterocycles. The van der Waals surface area contributed by atoms with E-state index in [0.717, 1.165) is 11.4 Å². The molecular formula is C22H24BrClN3O4P. The zero-order valence-corrected chi connectivity index (χ0v) is 20.7. The zero-order chi connectivity index (χ0) is 23.9. The van der Waals surface area contributed by atoms with Gasteiger partial charge in [-0.05, 0) is 66.2 Å². The molecule has 1 aromatic heterocycles. The van der Waals surface area contributed by atoms with Crippen molar-refractivity contribution in [1.29, 1.82) is 0 Å². The van der Waals surface area contributed by atoms with Gasteiger partial charge in [0.1, 0.15) is 0 Å². The second-order valence-corrected chi connectivity index (χ2v) is 9.26. The van der Waals surface area contributed by atoms with Crippen LogP contribution < -0.4 is 16.0 Å². The van der Waals surface area contributed by atoms with Crippen molar-refractivity contribution in [3.05, 3.63) is 87.4 Å². The number of anilines is 2. The summed E-state index contributed by atoms with van der Waals surface area (Å²) < 4.78 is 15.8. The summed E-state index contributed by atoms with van der Waals surface area (Å²) in [5.74, 6) is -0.0247. The highest BCUT2D eigenvalue weighted by Gasteiger charge is 2.18. The summed E-state index contributed by atoms with van der Waals surface area (Å²) in [6.07, 6.45) is 0. The largest absolute Gasteiger partial charge is 0.525 e. The molecule has 7 nitrogen and oxygen atoms in total. The monoisotopic (exact) mass is 539 g/mol. The van der Waals surface area contributed by atoms with Crippen LogP contribution in [0.5, 0.6) is 5.88 Å². The first-order chi connectivity index (χ1) is 14.9. The summed E-state index contributed by atoms with van der Waals surface area (Å²) in [6.45, 7) is 4.08. The lowest BCUT2D eigenvalue weighted by Gasteiger charge is -2.02. The van der Waals surface area contributed by atoms with Crippen molar-refractivity contribution in [2.45, 2.75) is 13.8 Å². The molecule has 0 saturated heterocycles. The van der Waals surface area contributed by atoms with Crippen LogP contribution in [0.2, 0.25) is 5.02 Å². The predicted molar refractivity (Wildman–Crippen MR) is 135 cm³/mol. The van der Waals surface area contributed by atoms with E-state index in [1.54, 1.807) is 12.1 Å². The van der Waals surface area contributed by atoms with Gasteiger partial charge in [0, 0.05) is 32.8 Å². The van der Waals surface area contributed by atoms with Crippen molar-refractivity contribution in [2.24, 2.45) is 0 Å². The Kier molecular flexibility index (Phi) is 9.19. The van der Waals surface area contributed by atoms with Gasteiger partial charge in [0.05, 0.1) is 5.02 Å². The molecule has 0 aliphatic rings. The molecule has 4 aromatic rings. The maximum atomic E-state index is 10.6. The highest BCUT2D eigenvalue weighted by molar-refractivity contribution is 9.10. The van der Waals surface area contributed by atoms with Crippen LogP contribution in [-0.2, 0) is 4.57 Å². The molecule has 0 unspecified atom stereocenters. The maximum Gasteiger partial charge on any atom is 0.525 e. The summed E-state index contributed by atoms with van der Waals surface area (Å²) in [5.41, 5.74) is 15.6. The third kappa shape index (κ3) is 8.57. The van der Waals surface area contributed by atoms with Crippen LogP contribution in [0.1, 0.15) is 11.1 Å². The van der Waals surface area contributed by atoms with Gasteiger partial charge < -0.3 is 21.0 Å². The topological polar surface area (TPSA) is 135 Å². The molecule has 7 N–H and O–H groups in total. The Morgan fingerprint density at radius 3 is 1.78 bits per heavy atom. The third-order valence-corrected chi connectivity index (χ3v) is 5.77. The van der Waals surface area contributed by atoms with Gasteiger partial charge >= 0.3 is 7.82 Å². The standard InChI is InChI=1S/C8H6BrClNO4P.2C7H9N/c9-5-1-2-6-4(8(5)10)3-7(11-6)15-16(12,13)14;2*1-6-2-4-7(8)5-3-6/h1-3,11H,(H2,12,13,14);2*2-5H,8H2,1H3. The Bertz CT molecular complexity index is 1120. The molecule has 0 amide bonds. The van der Waals surface area contributed by atoms with Crippen molar-refractivity contribution in [2.75, 3.05) is 11.5 Å². The van der Waals surface area contributed by atoms with Gasteiger partial charge in [-0.2, -0.15) is 0 Å². The fraction of sp³-hybridized carbons (Fsp3) is 0.0909. The molecule has 0 saturated carbocycles. The first-order valence-corrected chi connectivity index (χ1v) is 12.0. The molecule has 0 spiro atoms. The van der Waals surface area contributed by atoms with Crippen molar-refractivity contribution < 1.29 is 18.9 Å². The quantitative estimate of drug-likeness (QED) is 0.152. The summed E-state index contributed by atoms with van der Waals surface area (Å²) in [5, 5.41) is 1.08. The first kappa shape index (κ1) is 25.8. The Morgan fingerprint density at radius 2 is 1.38 bits per heavy atom. The molecule has 0 aliphatic heterocycles. The smallest absolute Gasteiger partial charge is 0.399 e. The van der Waals surface area contributed by atoms with Gasteiger partial charge in [0.15, 0.2) is 0 Å². The summed E-state index contributed by atoms with van der Waals surface area (Å²) in [6, 6.07) is 20.5. The van der Waals surface area contributed by atoms with Crippen LogP contribution in [0.15, 0.2) is 71.2 Å². The SMILES string of the molecule is Cc1ccc(N)cc1.Cc1ccc(N)cc1.O=P(O)(O)Oc1cc2c(Cl)c(Br)ccc2[nH]1. The molecule has 0 fully saturated rings. The number of nitrogens with two attached hydrogens (primary N) is 2. The minimum absolute atomic E-state index is 0.0247. The minimum Gasteiger partial charge on any atom is -0.399 e. The fourth-order valence-electron chi connectivity index (χ4n) is 2.43. The minimum atomic E-state index is -4.56. The number of nitrogens with one attached hydrogen (secondary N) is 1. The number of nitrogen functional groups attached to an aromatic ring is 2. The first-order valence-electron chi connectivity index (χ1n) is 9.31. The number of rotatable bonds is 2. The lowest BCUT2D eigenvalue weighted by Crippen LogP contribution is -1.89. The molecule has 0 bridgehead atoms. The lowest BCUT2D eigenvalue weighted by molar-refractivity contribution is 0.280. The summed E-state index contributed by atoms with van der Waals surface area (Å²) in [4.78, 5) is 20.0. The highest BCUT2D eigenvalue weighted by Crippen LogP contribution is 2.40. The highest BCUT2D eigenvalue weighted by atomic mass is 79.9. The van der Waals surface area contributed by atoms with Crippen molar-refractivity contribution in [3.8, 4) is 5.88 Å². The van der Waals surface area contributed by atoms with Crippen LogP contribution in [0.3, 0.4) is 0 Å². The Hall–Kier alpha value is -2.48. The van der Waals surface area contributed by atoms with Gasteiger partial charge in [-0.25, -0.2) is 4.57 Å². The number of hydrogen-bond donors (Lipinski definition) is 5. The van der Waals surface area contributed by atoms with Crippen LogP contribution in [0.25, 0.3) is 10.9 Å². The molecule has 4 rings (SSSR count). The van der Waals surface area contributed by atoms with E-state index in [2.05, 4.69) is 25.4 Å². The molecule has 32 heavy (non-hydrogen) atoms. The number of phosphoric ester groups is 1. The van der Waals surface area contributed by atoms with Gasteiger partial charge in [-0.15, -0.1) is 0 Å². The number of benzene rings is 3. The predicted octanol–water partition coefficient (Wildman–Crippen LogP) is 6.21. The molecule has 10 heteroatoms. The van der Waals surface area contributed by atoms with Crippen LogP contribution in [0.4, 0.5) is 11.4 Å². The van der Waals surface area contributed by atoms with Gasteiger partial charge in [-0.1, -0.05) is 47.0 Å².